The van der Waals surface area contributed by atoms with Gasteiger partial charge in [-0.1, -0.05) is 0 Å². The molecule has 0 radical (unpaired) electrons. The van der Waals surface area contributed by atoms with E-state index in [9.17, 15) is 0 Å². The molecule has 1 aliphatic heterocycles. The molecule has 3 aromatic rings. The molecular weight excluding hydrogens is 354 g/mol. The Morgan fingerprint density at radius 2 is 2.15 bits per heavy atom. The smallest absolute Gasteiger partial charge is 0.298 e. The Morgan fingerprint density at radius 3 is 2.96 bits per heavy atom. The topological polar surface area (TPSA) is 60.6 Å². The van der Waals surface area contributed by atoms with Gasteiger partial charge in [0.25, 0.3) is 6.01 Å². The Balaban J connectivity index is 0.00000196. The van der Waals surface area contributed by atoms with Gasteiger partial charge in [-0.3, -0.25) is 4.98 Å². The minimum Gasteiger partial charge on any atom is -0.497 e. The third kappa shape index (κ3) is 3.85. The molecule has 6 nitrogen and oxygen atoms in total. The second-order valence-electron chi connectivity index (χ2n) is 6.17. The zero-order valence-corrected chi connectivity index (χ0v) is 15.4. The van der Waals surface area contributed by atoms with Crippen LogP contribution in [0.15, 0.2) is 47.1 Å². The lowest BCUT2D eigenvalue weighted by molar-refractivity contribution is 0.254. The van der Waals surface area contributed by atoms with Gasteiger partial charge in [-0.2, -0.15) is 4.98 Å². The highest BCUT2D eigenvalue weighted by Gasteiger charge is 2.27. The van der Waals surface area contributed by atoms with Gasteiger partial charge in [-0.15, -0.1) is 12.4 Å². The van der Waals surface area contributed by atoms with E-state index in [1.807, 2.05) is 30.3 Å². The molecule has 0 N–H and O–H groups in total. The van der Waals surface area contributed by atoms with E-state index >= 15 is 0 Å². The minimum absolute atomic E-state index is 0. The van der Waals surface area contributed by atoms with E-state index in [0.29, 0.717) is 12.6 Å². The van der Waals surface area contributed by atoms with E-state index in [1.54, 1.807) is 19.5 Å². The maximum atomic E-state index is 6.00. The van der Waals surface area contributed by atoms with Crippen molar-refractivity contribution in [3.8, 4) is 11.5 Å². The van der Waals surface area contributed by atoms with Gasteiger partial charge in [0.15, 0.2) is 5.58 Å². The van der Waals surface area contributed by atoms with Crippen molar-refractivity contribution < 1.29 is 13.9 Å². The van der Waals surface area contributed by atoms with Gasteiger partial charge in [0.05, 0.1) is 19.3 Å². The van der Waals surface area contributed by atoms with Crippen LogP contribution in [0.1, 0.15) is 19.3 Å². The summed E-state index contributed by atoms with van der Waals surface area (Å²) in [6.45, 7) is 1.51. The summed E-state index contributed by atoms with van der Waals surface area (Å²) < 4.78 is 17.2. The molecule has 4 rings (SSSR count). The van der Waals surface area contributed by atoms with Crippen LogP contribution in [0.25, 0.3) is 11.1 Å². The number of oxazole rings is 1. The number of methoxy groups -OCH3 is 1. The van der Waals surface area contributed by atoms with Gasteiger partial charge in [0.2, 0.25) is 0 Å². The quantitative estimate of drug-likeness (QED) is 0.669. The molecule has 0 spiro atoms. The van der Waals surface area contributed by atoms with Crippen LogP contribution in [0.4, 0.5) is 6.01 Å². The van der Waals surface area contributed by atoms with Crippen molar-refractivity contribution in [3.05, 3.63) is 42.7 Å². The zero-order chi connectivity index (χ0) is 17.1. The maximum absolute atomic E-state index is 6.00. The van der Waals surface area contributed by atoms with Gasteiger partial charge in [-0.25, -0.2) is 0 Å². The average Bonchev–Trinajstić information content (AvgIpc) is 3.10. The third-order valence-electron chi connectivity index (χ3n) is 4.53. The highest BCUT2D eigenvalue weighted by molar-refractivity contribution is 5.85. The van der Waals surface area contributed by atoms with E-state index in [4.69, 9.17) is 13.9 Å². The number of anilines is 1. The molecule has 2 aromatic heterocycles. The molecule has 1 aromatic carbocycles. The van der Waals surface area contributed by atoms with Gasteiger partial charge >= 0.3 is 0 Å². The summed E-state index contributed by atoms with van der Waals surface area (Å²) in [5.74, 6) is 1.56. The lowest BCUT2D eigenvalue weighted by Crippen LogP contribution is -2.43. The Labute approximate surface area is 158 Å². The van der Waals surface area contributed by atoms with E-state index < -0.39 is 0 Å². The van der Waals surface area contributed by atoms with Crippen LogP contribution in [0.5, 0.6) is 11.5 Å². The second kappa shape index (κ2) is 8.27. The summed E-state index contributed by atoms with van der Waals surface area (Å²) in [6, 6.07) is 10.4. The summed E-state index contributed by atoms with van der Waals surface area (Å²) in [7, 11) is 1.65. The Morgan fingerprint density at radius 1 is 1.23 bits per heavy atom. The number of piperidine rings is 1. The SMILES string of the molecule is COc1ccc2nc(N3CCCCC3COc3cccnc3)oc2c1.Cl. The van der Waals surface area contributed by atoms with E-state index in [2.05, 4.69) is 14.9 Å². The molecule has 0 bridgehead atoms. The summed E-state index contributed by atoms with van der Waals surface area (Å²) in [5.41, 5.74) is 1.58. The van der Waals surface area contributed by atoms with E-state index in [1.165, 1.54) is 6.42 Å². The number of nitrogens with zero attached hydrogens (tertiary/aromatic N) is 3. The molecule has 0 aliphatic carbocycles. The van der Waals surface area contributed by atoms with Crippen LogP contribution in [0, 0.1) is 0 Å². The standard InChI is InChI=1S/C19H21N3O3.ClH/c1-23-15-7-8-17-18(11-15)25-19(21-17)22-10-3-2-5-14(22)13-24-16-6-4-9-20-12-16;/h4,6-9,11-12,14H,2-3,5,10,13H2,1H3;1H. The number of halogens is 1. The molecule has 1 aliphatic rings. The van der Waals surface area contributed by atoms with Crippen molar-refractivity contribution >= 4 is 29.5 Å². The monoisotopic (exact) mass is 375 g/mol. The van der Waals surface area contributed by atoms with Crippen molar-refractivity contribution in [2.45, 2.75) is 25.3 Å². The first kappa shape index (κ1) is 18.3. The largest absolute Gasteiger partial charge is 0.497 e. The number of benzene rings is 1. The fourth-order valence-electron chi connectivity index (χ4n) is 3.19. The first-order valence-electron chi connectivity index (χ1n) is 8.57. The molecule has 3 heterocycles. The molecule has 1 fully saturated rings. The molecule has 138 valence electrons. The number of fused-ring (bicyclic) bond motifs is 1. The molecule has 1 saturated heterocycles. The van der Waals surface area contributed by atoms with Crippen LogP contribution < -0.4 is 14.4 Å². The number of aromatic nitrogens is 2. The van der Waals surface area contributed by atoms with Crippen LogP contribution >= 0.6 is 12.4 Å². The van der Waals surface area contributed by atoms with Crippen molar-refractivity contribution in [2.24, 2.45) is 0 Å². The Hall–Kier alpha value is -2.47. The van der Waals surface area contributed by atoms with Gasteiger partial charge < -0.3 is 18.8 Å². The van der Waals surface area contributed by atoms with Crippen LogP contribution in [0.3, 0.4) is 0 Å². The highest BCUT2D eigenvalue weighted by Crippen LogP contribution is 2.29. The van der Waals surface area contributed by atoms with Crippen LogP contribution in [-0.2, 0) is 0 Å². The number of rotatable bonds is 5. The van der Waals surface area contributed by atoms with Crippen LogP contribution in [-0.4, -0.2) is 36.3 Å². The first-order valence-corrected chi connectivity index (χ1v) is 8.57. The Kier molecular flexibility index (Phi) is 5.83. The molecule has 1 atom stereocenters. The first-order chi connectivity index (χ1) is 12.3. The second-order valence-corrected chi connectivity index (χ2v) is 6.17. The summed E-state index contributed by atoms with van der Waals surface area (Å²) in [4.78, 5) is 11.0. The summed E-state index contributed by atoms with van der Waals surface area (Å²) in [5, 5.41) is 0. The lowest BCUT2D eigenvalue weighted by atomic mass is 10.0. The molecule has 7 heteroatoms. The van der Waals surface area contributed by atoms with Gasteiger partial charge in [0, 0.05) is 18.8 Å². The normalized spacial score (nSPS) is 17.0. The van der Waals surface area contributed by atoms with Crippen LogP contribution in [0.2, 0.25) is 0 Å². The lowest BCUT2D eigenvalue weighted by Gasteiger charge is -2.34. The highest BCUT2D eigenvalue weighted by atomic mass is 35.5. The maximum Gasteiger partial charge on any atom is 0.298 e. The molecule has 26 heavy (non-hydrogen) atoms. The number of hydrogen-bond acceptors (Lipinski definition) is 6. The fourth-order valence-corrected chi connectivity index (χ4v) is 3.19. The minimum atomic E-state index is 0. The predicted molar refractivity (Wildman–Crippen MR) is 103 cm³/mol. The third-order valence-corrected chi connectivity index (χ3v) is 4.53. The molecule has 0 amide bonds. The van der Waals surface area contributed by atoms with E-state index in [-0.39, 0.29) is 18.4 Å². The van der Waals surface area contributed by atoms with Crippen molar-refractivity contribution in [2.75, 3.05) is 25.2 Å². The molecular formula is C19H22ClN3O3. The van der Waals surface area contributed by atoms with Crippen molar-refractivity contribution in [1.29, 1.82) is 0 Å². The number of hydrogen-bond donors (Lipinski definition) is 0. The molecule has 0 saturated carbocycles. The van der Waals surface area contributed by atoms with Crippen molar-refractivity contribution in [3.63, 3.8) is 0 Å². The number of ether oxygens (including phenoxy) is 2. The van der Waals surface area contributed by atoms with E-state index in [0.717, 1.165) is 42.0 Å². The van der Waals surface area contributed by atoms with Gasteiger partial charge in [0.1, 0.15) is 23.6 Å². The summed E-state index contributed by atoms with van der Waals surface area (Å²) >= 11 is 0. The fraction of sp³-hybridized carbons (Fsp3) is 0.368. The predicted octanol–water partition coefficient (Wildman–Crippen LogP) is 4.09. The van der Waals surface area contributed by atoms with Gasteiger partial charge in [-0.05, 0) is 43.5 Å². The Bertz CT molecular complexity index is 840. The number of pyridine rings is 1. The molecule has 1 unspecified atom stereocenters. The summed E-state index contributed by atoms with van der Waals surface area (Å²) in [6.07, 6.45) is 6.85. The zero-order valence-electron chi connectivity index (χ0n) is 14.6. The van der Waals surface area contributed by atoms with Crippen molar-refractivity contribution in [1.82, 2.24) is 9.97 Å². The average molecular weight is 376 g/mol.